The molecule has 0 spiro atoms. The van der Waals surface area contributed by atoms with Crippen molar-refractivity contribution < 1.29 is 4.92 Å². The Kier molecular flexibility index (Phi) is 2.87. The summed E-state index contributed by atoms with van der Waals surface area (Å²) >= 11 is 3.34. The van der Waals surface area contributed by atoms with Crippen molar-refractivity contribution in [3.8, 4) is 0 Å². The van der Waals surface area contributed by atoms with Gasteiger partial charge < -0.3 is 0 Å². The fourth-order valence-electron chi connectivity index (χ4n) is 2.07. The third-order valence-corrected chi connectivity index (χ3v) is 3.49. The highest BCUT2D eigenvalue weighted by molar-refractivity contribution is 9.08. The van der Waals surface area contributed by atoms with E-state index in [1.165, 1.54) is 0 Å². The van der Waals surface area contributed by atoms with Crippen LogP contribution in [0.2, 0.25) is 0 Å². The molecule has 0 aliphatic heterocycles. The van der Waals surface area contributed by atoms with E-state index < -0.39 is 0 Å². The van der Waals surface area contributed by atoms with Crippen LogP contribution in [0.25, 0.3) is 21.8 Å². The summed E-state index contributed by atoms with van der Waals surface area (Å²) in [5.41, 5.74) is 2.14. The molecule has 0 aliphatic carbocycles. The van der Waals surface area contributed by atoms with E-state index in [1.54, 1.807) is 36.5 Å². The maximum Gasteiger partial charge on any atom is 0.279 e. The average molecular weight is 318 g/mol. The minimum absolute atomic E-state index is 0.0594. The Morgan fingerprint density at radius 3 is 2.84 bits per heavy atom. The van der Waals surface area contributed by atoms with Crippen LogP contribution in [-0.4, -0.2) is 14.9 Å². The van der Waals surface area contributed by atoms with Gasteiger partial charge in [0.2, 0.25) is 0 Å². The van der Waals surface area contributed by atoms with Gasteiger partial charge in [0, 0.05) is 23.0 Å². The molecule has 0 bridgehead atoms. The lowest BCUT2D eigenvalue weighted by Crippen LogP contribution is -1.95. The predicted octanol–water partition coefficient (Wildman–Crippen LogP) is 3.59. The summed E-state index contributed by atoms with van der Waals surface area (Å²) in [6.45, 7) is 0. The fraction of sp³-hybridized carbons (Fsp3) is 0.0769. The zero-order valence-corrected chi connectivity index (χ0v) is 11.3. The van der Waals surface area contributed by atoms with Crippen LogP contribution in [0.5, 0.6) is 0 Å². The van der Waals surface area contributed by atoms with Crippen molar-refractivity contribution in [1.29, 1.82) is 0 Å². The van der Waals surface area contributed by atoms with E-state index >= 15 is 0 Å². The molecular weight excluding hydrogens is 310 g/mol. The van der Waals surface area contributed by atoms with Gasteiger partial charge in [-0.2, -0.15) is 0 Å². The average Bonchev–Trinajstić information content (AvgIpc) is 2.45. The van der Waals surface area contributed by atoms with Gasteiger partial charge in [-0.05, 0) is 18.2 Å². The van der Waals surface area contributed by atoms with Crippen LogP contribution in [0.4, 0.5) is 5.69 Å². The molecule has 2 aromatic heterocycles. The normalized spacial score (nSPS) is 11.0. The van der Waals surface area contributed by atoms with Gasteiger partial charge in [-0.15, -0.1) is 0 Å². The second-order valence-electron chi connectivity index (χ2n) is 4.06. The van der Waals surface area contributed by atoms with E-state index in [4.69, 9.17) is 0 Å². The minimum atomic E-state index is -0.385. The first kappa shape index (κ1) is 12.0. The summed E-state index contributed by atoms with van der Waals surface area (Å²) in [5, 5.41) is 13.0. The molecule has 3 aromatic rings. The molecule has 0 saturated carbocycles. The zero-order valence-electron chi connectivity index (χ0n) is 9.71. The number of hydrogen-bond acceptors (Lipinski definition) is 4. The van der Waals surface area contributed by atoms with E-state index in [0.29, 0.717) is 21.7 Å². The van der Waals surface area contributed by atoms with Crippen molar-refractivity contribution in [3.63, 3.8) is 0 Å². The van der Waals surface area contributed by atoms with Crippen LogP contribution in [0.1, 0.15) is 5.69 Å². The summed E-state index contributed by atoms with van der Waals surface area (Å²) in [4.78, 5) is 19.5. The summed E-state index contributed by atoms with van der Waals surface area (Å²) < 4.78 is 0. The van der Waals surface area contributed by atoms with Gasteiger partial charge in [-0.1, -0.05) is 22.0 Å². The topological polar surface area (TPSA) is 68.9 Å². The largest absolute Gasteiger partial charge is 0.279 e. The highest BCUT2D eigenvalue weighted by Gasteiger charge is 2.16. The quantitative estimate of drug-likeness (QED) is 0.313. The molecule has 0 fully saturated rings. The molecule has 0 N–H and O–H groups in total. The monoisotopic (exact) mass is 317 g/mol. The molecule has 0 unspecified atom stereocenters. The standard InChI is InChI=1S/C13H8BrN3O2/c14-7-9-3-4-10-11(17(18)19)6-8-2-1-5-15-12(8)13(10)16-9/h1-6H,7H2. The number of nitrogens with zero attached hydrogens (tertiary/aromatic N) is 3. The van der Waals surface area contributed by atoms with Crippen molar-refractivity contribution in [2.75, 3.05) is 0 Å². The van der Waals surface area contributed by atoms with Crippen molar-refractivity contribution in [2.24, 2.45) is 0 Å². The van der Waals surface area contributed by atoms with Gasteiger partial charge in [0.25, 0.3) is 5.69 Å². The van der Waals surface area contributed by atoms with E-state index in [-0.39, 0.29) is 10.6 Å². The molecule has 94 valence electrons. The smallest absolute Gasteiger partial charge is 0.258 e. The van der Waals surface area contributed by atoms with Crippen molar-refractivity contribution in [3.05, 3.63) is 52.3 Å². The van der Waals surface area contributed by atoms with E-state index in [0.717, 1.165) is 11.1 Å². The highest BCUT2D eigenvalue weighted by atomic mass is 79.9. The summed E-state index contributed by atoms with van der Waals surface area (Å²) in [6.07, 6.45) is 1.66. The lowest BCUT2D eigenvalue weighted by molar-refractivity contribution is -0.382. The summed E-state index contributed by atoms with van der Waals surface area (Å²) in [5.74, 6) is 0. The third kappa shape index (κ3) is 1.94. The number of alkyl halides is 1. The molecule has 3 rings (SSSR count). The third-order valence-electron chi connectivity index (χ3n) is 2.92. The Labute approximate surface area is 116 Å². The molecule has 5 nitrogen and oxygen atoms in total. The van der Waals surface area contributed by atoms with Crippen molar-refractivity contribution in [1.82, 2.24) is 9.97 Å². The molecule has 6 heteroatoms. The molecule has 0 radical (unpaired) electrons. The molecule has 0 saturated heterocycles. The molecule has 0 amide bonds. The van der Waals surface area contributed by atoms with Crippen LogP contribution in [0.3, 0.4) is 0 Å². The van der Waals surface area contributed by atoms with Crippen LogP contribution in [0.15, 0.2) is 36.5 Å². The lowest BCUT2D eigenvalue weighted by Gasteiger charge is -2.05. The zero-order chi connectivity index (χ0) is 13.4. The maximum absolute atomic E-state index is 11.2. The number of pyridine rings is 2. The number of benzene rings is 1. The SMILES string of the molecule is O=[N+]([O-])c1cc2cccnc2c2nc(CBr)ccc12. The highest BCUT2D eigenvalue weighted by Crippen LogP contribution is 2.31. The van der Waals surface area contributed by atoms with Crippen molar-refractivity contribution >= 4 is 43.4 Å². The Hall–Kier alpha value is -2.08. The molecule has 19 heavy (non-hydrogen) atoms. The van der Waals surface area contributed by atoms with E-state index in [2.05, 4.69) is 25.9 Å². The number of nitro groups is 1. The first-order valence-corrected chi connectivity index (χ1v) is 6.70. The van der Waals surface area contributed by atoms with E-state index in [1.807, 2.05) is 0 Å². The number of nitro benzene ring substituents is 1. The Balaban J connectivity index is 2.52. The van der Waals surface area contributed by atoms with Crippen LogP contribution in [0, 0.1) is 10.1 Å². The maximum atomic E-state index is 11.2. The predicted molar refractivity (Wildman–Crippen MR) is 76.3 cm³/mol. The molecule has 0 aliphatic rings. The number of hydrogen-bond donors (Lipinski definition) is 0. The van der Waals surface area contributed by atoms with Gasteiger partial charge in [0.1, 0.15) is 5.52 Å². The summed E-state index contributed by atoms with van der Waals surface area (Å²) in [6, 6.07) is 8.60. The van der Waals surface area contributed by atoms with Crippen molar-refractivity contribution in [2.45, 2.75) is 5.33 Å². The fourth-order valence-corrected chi connectivity index (χ4v) is 2.38. The second kappa shape index (κ2) is 4.55. The number of rotatable bonds is 2. The first-order chi connectivity index (χ1) is 9.20. The molecule has 0 atom stereocenters. The second-order valence-corrected chi connectivity index (χ2v) is 4.62. The molecular formula is C13H8BrN3O2. The number of fused-ring (bicyclic) bond motifs is 3. The lowest BCUT2D eigenvalue weighted by atomic mass is 10.1. The Morgan fingerprint density at radius 2 is 2.11 bits per heavy atom. The van der Waals surface area contributed by atoms with Gasteiger partial charge in [-0.25, -0.2) is 4.98 Å². The molecule has 1 aromatic carbocycles. The number of aromatic nitrogens is 2. The minimum Gasteiger partial charge on any atom is -0.258 e. The van der Waals surface area contributed by atoms with Gasteiger partial charge in [-0.3, -0.25) is 15.1 Å². The number of halogens is 1. The van der Waals surface area contributed by atoms with Gasteiger partial charge in [0.05, 0.1) is 21.5 Å². The Bertz CT molecular complexity index is 804. The Morgan fingerprint density at radius 1 is 1.26 bits per heavy atom. The van der Waals surface area contributed by atoms with E-state index in [9.17, 15) is 10.1 Å². The van der Waals surface area contributed by atoms with Crippen LogP contribution >= 0.6 is 15.9 Å². The first-order valence-electron chi connectivity index (χ1n) is 5.58. The van der Waals surface area contributed by atoms with Gasteiger partial charge in [0.15, 0.2) is 0 Å². The molecule has 2 heterocycles. The van der Waals surface area contributed by atoms with Crippen LogP contribution in [-0.2, 0) is 5.33 Å². The summed E-state index contributed by atoms with van der Waals surface area (Å²) in [7, 11) is 0. The van der Waals surface area contributed by atoms with Gasteiger partial charge >= 0.3 is 0 Å². The van der Waals surface area contributed by atoms with Crippen LogP contribution < -0.4 is 0 Å². The number of non-ortho nitro benzene ring substituents is 1.